The molecule has 33 heavy (non-hydrogen) atoms. The molecule has 1 aliphatic rings. The zero-order valence-electron chi connectivity index (χ0n) is 17.4. The highest BCUT2D eigenvalue weighted by Crippen LogP contribution is 2.32. The quantitative estimate of drug-likeness (QED) is 0.266. The Morgan fingerprint density at radius 3 is 2.58 bits per heavy atom. The van der Waals surface area contributed by atoms with Crippen molar-refractivity contribution >= 4 is 23.4 Å². The van der Waals surface area contributed by atoms with Crippen molar-refractivity contribution in [3.8, 4) is 22.7 Å². The van der Waals surface area contributed by atoms with Crippen LogP contribution >= 0.6 is 11.8 Å². The number of thioether (sulfide) groups is 1. The van der Waals surface area contributed by atoms with Crippen LogP contribution in [0.5, 0.6) is 5.75 Å². The fourth-order valence-corrected chi connectivity index (χ4v) is 4.52. The number of non-ortho nitro benzene ring substituents is 1. The van der Waals surface area contributed by atoms with Crippen LogP contribution in [0.3, 0.4) is 0 Å². The first-order chi connectivity index (χ1) is 15.9. The maximum absolute atomic E-state index is 12.5. The number of carbonyl (C=O) groups excluding carboxylic acids is 1. The SMILES string of the molecule is O=C(CSc1ncc(-c2cccc([N+](=O)[O-])c2)n1-c1ccc(OC(F)F)cc1)N1CCCC1. The smallest absolute Gasteiger partial charge is 0.387 e. The maximum atomic E-state index is 12.5. The predicted octanol–water partition coefficient (Wildman–Crippen LogP) is 4.76. The van der Waals surface area contributed by atoms with E-state index in [-0.39, 0.29) is 23.1 Å². The summed E-state index contributed by atoms with van der Waals surface area (Å²) in [5.74, 6) is 0.214. The Labute approximate surface area is 192 Å². The van der Waals surface area contributed by atoms with Crippen LogP contribution in [0.4, 0.5) is 14.5 Å². The largest absolute Gasteiger partial charge is 0.435 e. The van der Waals surface area contributed by atoms with E-state index in [1.54, 1.807) is 35.0 Å². The van der Waals surface area contributed by atoms with Gasteiger partial charge in [0.2, 0.25) is 5.91 Å². The highest BCUT2D eigenvalue weighted by molar-refractivity contribution is 7.99. The number of rotatable bonds is 8. The number of hydrogen-bond acceptors (Lipinski definition) is 6. The monoisotopic (exact) mass is 474 g/mol. The van der Waals surface area contributed by atoms with E-state index in [4.69, 9.17) is 0 Å². The second-order valence-electron chi connectivity index (χ2n) is 7.32. The van der Waals surface area contributed by atoms with E-state index >= 15 is 0 Å². The summed E-state index contributed by atoms with van der Waals surface area (Å²) < 4.78 is 31.2. The predicted molar refractivity (Wildman–Crippen MR) is 119 cm³/mol. The van der Waals surface area contributed by atoms with Crippen molar-refractivity contribution in [2.75, 3.05) is 18.8 Å². The van der Waals surface area contributed by atoms with Crippen molar-refractivity contribution in [3.63, 3.8) is 0 Å². The van der Waals surface area contributed by atoms with E-state index < -0.39 is 11.5 Å². The topological polar surface area (TPSA) is 90.5 Å². The van der Waals surface area contributed by atoms with Crippen LogP contribution in [0.15, 0.2) is 59.9 Å². The van der Waals surface area contributed by atoms with Crippen LogP contribution in [-0.2, 0) is 4.79 Å². The summed E-state index contributed by atoms with van der Waals surface area (Å²) in [5, 5.41) is 11.7. The molecule has 0 saturated carbocycles. The summed E-state index contributed by atoms with van der Waals surface area (Å²) in [6.07, 6.45) is 3.56. The molecule has 2 aromatic carbocycles. The molecule has 0 N–H and O–H groups in total. The minimum absolute atomic E-state index is 0.00387. The molecule has 4 rings (SSSR count). The molecule has 1 amide bonds. The van der Waals surface area contributed by atoms with Crippen LogP contribution in [0.1, 0.15) is 12.8 Å². The molecule has 2 heterocycles. The number of halogens is 2. The average Bonchev–Trinajstić information content (AvgIpc) is 3.48. The number of likely N-dealkylation sites (tertiary alicyclic amines) is 1. The van der Waals surface area contributed by atoms with Crippen LogP contribution in [0.25, 0.3) is 16.9 Å². The fraction of sp³-hybridized carbons (Fsp3) is 0.273. The molecular weight excluding hydrogens is 454 g/mol. The molecular formula is C22H20F2N4O4S. The standard InChI is InChI=1S/C22H20F2N4O4S/c23-21(24)32-18-8-6-16(7-9-18)27-19(15-4-3-5-17(12-15)28(30)31)13-25-22(27)33-14-20(29)26-10-1-2-11-26/h3-9,12-13,21H,1-2,10-11,14H2. The number of aromatic nitrogens is 2. The maximum Gasteiger partial charge on any atom is 0.387 e. The average molecular weight is 474 g/mol. The number of amides is 1. The van der Waals surface area contributed by atoms with Gasteiger partial charge in [-0.25, -0.2) is 4.98 Å². The van der Waals surface area contributed by atoms with Gasteiger partial charge in [-0.15, -0.1) is 0 Å². The lowest BCUT2D eigenvalue weighted by atomic mass is 10.1. The van der Waals surface area contributed by atoms with Crippen molar-refractivity contribution in [2.24, 2.45) is 0 Å². The van der Waals surface area contributed by atoms with Gasteiger partial charge in [-0.3, -0.25) is 19.5 Å². The van der Waals surface area contributed by atoms with Gasteiger partial charge in [0.15, 0.2) is 5.16 Å². The Bertz CT molecular complexity index is 1150. The number of nitrogens with zero attached hydrogens (tertiary/aromatic N) is 4. The van der Waals surface area contributed by atoms with Gasteiger partial charge in [0.25, 0.3) is 5.69 Å². The van der Waals surface area contributed by atoms with E-state index in [1.807, 2.05) is 4.90 Å². The summed E-state index contributed by atoms with van der Waals surface area (Å²) in [7, 11) is 0. The second-order valence-corrected chi connectivity index (χ2v) is 8.26. The van der Waals surface area contributed by atoms with E-state index in [0.29, 0.717) is 22.1 Å². The van der Waals surface area contributed by atoms with E-state index in [1.165, 1.54) is 36.0 Å². The van der Waals surface area contributed by atoms with Crippen LogP contribution in [0, 0.1) is 10.1 Å². The normalized spacial score (nSPS) is 13.5. The molecule has 1 fully saturated rings. The number of nitro groups is 1. The summed E-state index contributed by atoms with van der Waals surface area (Å²) in [6, 6.07) is 12.1. The molecule has 1 saturated heterocycles. The fourth-order valence-electron chi connectivity index (χ4n) is 3.63. The Balaban J connectivity index is 1.68. The van der Waals surface area contributed by atoms with Gasteiger partial charge >= 0.3 is 6.61 Å². The van der Waals surface area contributed by atoms with E-state index in [9.17, 15) is 23.7 Å². The van der Waals surface area contributed by atoms with Gasteiger partial charge in [-0.2, -0.15) is 8.78 Å². The molecule has 3 aromatic rings. The number of benzene rings is 2. The molecule has 0 radical (unpaired) electrons. The third-order valence-corrected chi connectivity index (χ3v) is 6.12. The molecule has 1 aromatic heterocycles. The third kappa shape index (κ3) is 5.30. The number of imidazole rings is 1. The van der Waals surface area contributed by atoms with Gasteiger partial charge in [-0.05, 0) is 37.1 Å². The zero-order valence-corrected chi connectivity index (χ0v) is 18.2. The molecule has 0 unspecified atom stereocenters. The van der Waals surface area contributed by atoms with Crippen molar-refractivity contribution in [2.45, 2.75) is 24.6 Å². The van der Waals surface area contributed by atoms with Gasteiger partial charge < -0.3 is 9.64 Å². The molecule has 0 aliphatic carbocycles. The lowest BCUT2D eigenvalue weighted by Gasteiger charge is -2.16. The third-order valence-electron chi connectivity index (χ3n) is 5.19. The molecule has 172 valence electrons. The van der Waals surface area contributed by atoms with Crippen molar-refractivity contribution in [1.29, 1.82) is 0 Å². The Hall–Kier alpha value is -3.47. The molecule has 0 spiro atoms. The van der Waals surface area contributed by atoms with Crippen LogP contribution < -0.4 is 4.74 Å². The lowest BCUT2D eigenvalue weighted by molar-refractivity contribution is -0.384. The molecule has 8 nitrogen and oxygen atoms in total. The van der Waals surface area contributed by atoms with Gasteiger partial charge in [-0.1, -0.05) is 23.9 Å². The zero-order chi connectivity index (χ0) is 23.4. The number of nitro benzene ring substituents is 1. The van der Waals surface area contributed by atoms with Crippen LogP contribution in [0.2, 0.25) is 0 Å². The Morgan fingerprint density at radius 2 is 1.91 bits per heavy atom. The first-order valence-electron chi connectivity index (χ1n) is 10.2. The van der Waals surface area contributed by atoms with Gasteiger partial charge in [0.1, 0.15) is 5.75 Å². The number of carbonyl (C=O) groups is 1. The van der Waals surface area contributed by atoms with Crippen molar-refractivity contribution in [1.82, 2.24) is 14.5 Å². The minimum atomic E-state index is -2.94. The van der Waals surface area contributed by atoms with Crippen molar-refractivity contribution < 1.29 is 23.2 Å². The summed E-state index contributed by atoms with van der Waals surface area (Å²) >= 11 is 1.25. The summed E-state index contributed by atoms with van der Waals surface area (Å²) in [4.78, 5) is 29.5. The highest BCUT2D eigenvalue weighted by atomic mass is 32.2. The first kappa shape index (κ1) is 22.7. The highest BCUT2D eigenvalue weighted by Gasteiger charge is 2.21. The molecule has 11 heteroatoms. The molecule has 0 bridgehead atoms. The number of alkyl halides is 2. The first-order valence-corrected chi connectivity index (χ1v) is 11.2. The Morgan fingerprint density at radius 1 is 1.18 bits per heavy atom. The van der Waals surface area contributed by atoms with Gasteiger partial charge in [0.05, 0.1) is 22.6 Å². The summed E-state index contributed by atoms with van der Waals surface area (Å²) in [6.45, 7) is -1.44. The number of hydrogen-bond donors (Lipinski definition) is 0. The van der Waals surface area contributed by atoms with Gasteiger partial charge in [0, 0.05) is 36.5 Å². The van der Waals surface area contributed by atoms with E-state index in [0.717, 1.165) is 25.9 Å². The second kappa shape index (κ2) is 9.99. The lowest BCUT2D eigenvalue weighted by Crippen LogP contribution is -2.29. The van der Waals surface area contributed by atoms with Crippen molar-refractivity contribution in [3.05, 3.63) is 64.8 Å². The number of ether oxygens (including phenoxy) is 1. The van der Waals surface area contributed by atoms with Crippen LogP contribution in [-0.4, -0.2) is 50.7 Å². The minimum Gasteiger partial charge on any atom is -0.435 e. The summed E-state index contributed by atoms with van der Waals surface area (Å²) in [5.41, 5.74) is 1.64. The Kier molecular flexibility index (Phi) is 6.87. The molecule has 0 atom stereocenters. The van der Waals surface area contributed by atoms with E-state index in [2.05, 4.69) is 9.72 Å². The molecule has 1 aliphatic heterocycles.